The maximum atomic E-state index is 12.3. The molecular weight excluding hydrogens is 328 g/mol. The van der Waals surface area contributed by atoms with E-state index in [2.05, 4.69) is 0 Å². The SMILES string of the molecule is CS(=O)(=O)CCSC1CCN(c2cccc([N+](=O)[O-])c2)C1=O. The summed E-state index contributed by atoms with van der Waals surface area (Å²) in [5, 5.41) is 10.5. The molecule has 0 spiro atoms. The second kappa shape index (κ2) is 6.66. The lowest BCUT2D eigenvalue weighted by Crippen LogP contribution is -2.28. The van der Waals surface area contributed by atoms with Crippen LogP contribution in [0.25, 0.3) is 0 Å². The van der Waals surface area contributed by atoms with E-state index in [1.807, 2.05) is 0 Å². The summed E-state index contributed by atoms with van der Waals surface area (Å²) in [4.78, 5) is 24.1. The lowest BCUT2D eigenvalue weighted by atomic mass is 10.2. The van der Waals surface area contributed by atoms with E-state index in [0.29, 0.717) is 24.4 Å². The van der Waals surface area contributed by atoms with E-state index < -0.39 is 14.8 Å². The summed E-state index contributed by atoms with van der Waals surface area (Å²) in [6, 6.07) is 5.96. The van der Waals surface area contributed by atoms with Crippen LogP contribution in [0.15, 0.2) is 24.3 Å². The molecule has 1 saturated heterocycles. The number of non-ortho nitro benzene ring substituents is 1. The highest BCUT2D eigenvalue weighted by Gasteiger charge is 2.33. The van der Waals surface area contributed by atoms with Gasteiger partial charge in [0.15, 0.2) is 0 Å². The summed E-state index contributed by atoms with van der Waals surface area (Å²) in [7, 11) is -3.03. The minimum Gasteiger partial charge on any atom is -0.311 e. The molecule has 1 fully saturated rings. The third-order valence-electron chi connectivity index (χ3n) is 3.28. The molecule has 0 radical (unpaired) electrons. The van der Waals surface area contributed by atoms with Gasteiger partial charge in [-0.15, -0.1) is 11.8 Å². The number of sulfone groups is 1. The van der Waals surface area contributed by atoms with Crippen molar-refractivity contribution in [3.05, 3.63) is 34.4 Å². The zero-order valence-electron chi connectivity index (χ0n) is 12.0. The smallest absolute Gasteiger partial charge is 0.271 e. The zero-order chi connectivity index (χ0) is 16.3. The van der Waals surface area contributed by atoms with Crippen LogP contribution in [-0.4, -0.2) is 48.8 Å². The molecule has 9 heteroatoms. The van der Waals surface area contributed by atoms with Crippen molar-refractivity contribution in [3.63, 3.8) is 0 Å². The molecular formula is C13H16N2O5S2. The summed E-state index contributed by atoms with van der Waals surface area (Å²) in [6.07, 6.45) is 1.77. The largest absolute Gasteiger partial charge is 0.311 e. The molecule has 0 aliphatic carbocycles. The van der Waals surface area contributed by atoms with E-state index in [0.717, 1.165) is 0 Å². The van der Waals surface area contributed by atoms with Gasteiger partial charge in [-0.25, -0.2) is 8.42 Å². The average Bonchev–Trinajstić information content (AvgIpc) is 2.79. The van der Waals surface area contributed by atoms with E-state index in [1.54, 1.807) is 12.1 Å². The highest BCUT2D eigenvalue weighted by Crippen LogP contribution is 2.30. The second-order valence-corrected chi connectivity index (χ2v) is 8.62. The molecule has 0 aromatic heterocycles. The number of carbonyl (C=O) groups is 1. The van der Waals surface area contributed by atoms with E-state index in [4.69, 9.17) is 0 Å². The van der Waals surface area contributed by atoms with Crippen LogP contribution >= 0.6 is 11.8 Å². The monoisotopic (exact) mass is 344 g/mol. The number of nitro groups is 1. The van der Waals surface area contributed by atoms with Gasteiger partial charge in [0.05, 0.1) is 21.6 Å². The number of rotatable bonds is 6. The maximum Gasteiger partial charge on any atom is 0.271 e. The van der Waals surface area contributed by atoms with Crippen molar-refractivity contribution in [2.45, 2.75) is 11.7 Å². The Balaban J connectivity index is 2.02. The van der Waals surface area contributed by atoms with Gasteiger partial charge in [0.1, 0.15) is 9.84 Å². The average molecular weight is 344 g/mol. The first-order valence-electron chi connectivity index (χ1n) is 6.63. The Bertz CT molecular complexity index is 689. The van der Waals surface area contributed by atoms with Crippen molar-refractivity contribution in [2.24, 2.45) is 0 Å². The Morgan fingerprint density at radius 2 is 2.18 bits per heavy atom. The Morgan fingerprint density at radius 3 is 2.82 bits per heavy atom. The van der Waals surface area contributed by atoms with Crippen LogP contribution in [0.1, 0.15) is 6.42 Å². The van der Waals surface area contributed by atoms with Gasteiger partial charge in [0, 0.05) is 30.7 Å². The van der Waals surface area contributed by atoms with Gasteiger partial charge in [-0.2, -0.15) is 0 Å². The quantitative estimate of drug-likeness (QED) is 0.573. The van der Waals surface area contributed by atoms with Crippen molar-refractivity contribution in [1.82, 2.24) is 0 Å². The zero-order valence-corrected chi connectivity index (χ0v) is 13.6. The number of anilines is 1. The number of benzene rings is 1. The molecule has 0 bridgehead atoms. The molecule has 1 aliphatic heterocycles. The predicted octanol–water partition coefficient (Wildman–Crippen LogP) is 1.48. The molecule has 7 nitrogen and oxygen atoms in total. The Morgan fingerprint density at radius 1 is 1.45 bits per heavy atom. The van der Waals surface area contributed by atoms with E-state index in [9.17, 15) is 23.3 Å². The third kappa shape index (κ3) is 4.20. The van der Waals surface area contributed by atoms with Gasteiger partial charge in [-0.1, -0.05) is 6.07 Å². The van der Waals surface area contributed by atoms with Gasteiger partial charge >= 0.3 is 0 Å². The number of carbonyl (C=O) groups excluding carboxylic acids is 1. The van der Waals surface area contributed by atoms with Crippen molar-refractivity contribution >= 4 is 38.9 Å². The summed E-state index contributed by atoms with van der Waals surface area (Å²) in [5.74, 6) is 0.287. The fraction of sp³-hybridized carbons (Fsp3) is 0.462. The van der Waals surface area contributed by atoms with E-state index >= 15 is 0 Å². The van der Waals surface area contributed by atoms with Gasteiger partial charge in [0.2, 0.25) is 5.91 Å². The van der Waals surface area contributed by atoms with Gasteiger partial charge in [0.25, 0.3) is 5.69 Å². The molecule has 2 rings (SSSR count). The molecule has 0 saturated carbocycles. The molecule has 1 atom stereocenters. The van der Waals surface area contributed by atoms with Crippen LogP contribution in [0.4, 0.5) is 11.4 Å². The summed E-state index contributed by atoms with van der Waals surface area (Å²) in [6.45, 7) is 0.483. The predicted molar refractivity (Wildman–Crippen MR) is 86.0 cm³/mol. The van der Waals surface area contributed by atoms with Crippen LogP contribution < -0.4 is 4.90 Å². The first-order valence-corrected chi connectivity index (χ1v) is 9.74. The minimum absolute atomic E-state index is 0.0399. The highest BCUT2D eigenvalue weighted by atomic mass is 32.2. The number of nitrogens with zero attached hydrogens (tertiary/aromatic N) is 2. The number of hydrogen-bond donors (Lipinski definition) is 0. The van der Waals surface area contributed by atoms with Crippen molar-refractivity contribution in [3.8, 4) is 0 Å². The van der Waals surface area contributed by atoms with Gasteiger partial charge < -0.3 is 4.90 Å². The molecule has 1 aromatic rings. The molecule has 1 unspecified atom stereocenters. The number of nitro benzene ring substituents is 1. The first kappa shape index (κ1) is 16.8. The lowest BCUT2D eigenvalue weighted by molar-refractivity contribution is -0.384. The highest BCUT2D eigenvalue weighted by molar-refractivity contribution is 8.01. The van der Waals surface area contributed by atoms with Gasteiger partial charge in [-0.05, 0) is 12.5 Å². The molecule has 1 aliphatic rings. The number of thioether (sulfide) groups is 1. The molecule has 1 amide bonds. The maximum absolute atomic E-state index is 12.3. The minimum atomic E-state index is -3.03. The van der Waals surface area contributed by atoms with Crippen LogP contribution in [-0.2, 0) is 14.6 Å². The second-order valence-electron chi connectivity index (χ2n) is 5.04. The molecule has 22 heavy (non-hydrogen) atoms. The fourth-order valence-electron chi connectivity index (χ4n) is 2.18. The van der Waals surface area contributed by atoms with Crippen LogP contribution in [0, 0.1) is 10.1 Å². The summed E-state index contributed by atoms with van der Waals surface area (Å²) >= 11 is 1.32. The number of amides is 1. The van der Waals surface area contributed by atoms with Crippen LogP contribution in [0.5, 0.6) is 0 Å². The fourth-order valence-corrected chi connectivity index (χ4v) is 4.60. The van der Waals surface area contributed by atoms with Gasteiger partial charge in [-0.3, -0.25) is 14.9 Å². The van der Waals surface area contributed by atoms with Crippen molar-refractivity contribution in [2.75, 3.05) is 29.2 Å². The Labute approximate surface area is 132 Å². The van der Waals surface area contributed by atoms with Crippen molar-refractivity contribution in [1.29, 1.82) is 0 Å². The summed E-state index contributed by atoms with van der Waals surface area (Å²) in [5.41, 5.74) is 0.448. The normalized spacial score (nSPS) is 18.7. The standard InChI is InChI=1S/C13H16N2O5S2/c1-22(19,20)8-7-21-12-5-6-14(13(12)16)10-3-2-4-11(9-10)15(17)18/h2-4,9,12H,5-8H2,1H3. The van der Waals surface area contributed by atoms with E-state index in [-0.39, 0.29) is 22.6 Å². The van der Waals surface area contributed by atoms with Crippen molar-refractivity contribution < 1.29 is 18.1 Å². The summed E-state index contributed by atoms with van der Waals surface area (Å²) < 4.78 is 22.2. The third-order valence-corrected chi connectivity index (χ3v) is 5.77. The number of hydrogen-bond acceptors (Lipinski definition) is 6. The lowest BCUT2D eigenvalue weighted by Gasteiger charge is -2.16. The first-order chi connectivity index (χ1) is 10.3. The van der Waals surface area contributed by atoms with Crippen LogP contribution in [0.2, 0.25) is 0 Å². The molecule has 1 heterocycles. The van der Waals surface area contributed by atoms with Crippen LogP contribution in [0.3, 0.4) is 0 Å². The Kier molecular flexibility index (Phi) is 5.07. The topological polar surface area (TPSA) is 97.6 Å². The Hall–Kier alpha value is -1.61. The molecule has 0 N–H and O–H groups in total. The molecule has 1 aromatic carbocycles. The molecule has 120 valence electrons. The van der Waals surface area contributed by atoms with E-state index in [1.165, 1.54) is 35.1 Å².